The second-order valence-electron chi connectivity index (χ2n) is 6.93. The second kappa shape index (κ2) is 7.64. The van der Waals surface area contributed by atoms with Crippen molar-refractivity contribution in [3.63, 3.8) is 0 Å². The van der Waals surface area contributed by atoms with Crippen molar-refractivity contribution in [1.29, 1.82) is 0 Å². The van der Waals surface area contributed by atoms with Gasteiger partial charge in [-0.25, -0.2) is 0 Å². The van der Waals surface area contributed by atoms with Crippen molar-refractivity contribution in [3.05, 3.63) is 0 Å². The molecule has 0 aromatic carbocycles. The molecule has 2 aliphatic carbocycles. The molecule has 2 aliphatic rings. The van der Waals surface area contributed by atoms with Gasteiger partial charge in [-0.05, 0) is 50.5 Å². The molecule has 0 amide bonds. The molecule has 2 fully saturated rings. The molecule has 0 aromatic heterocycles. The molecular formula is C17H33NO. The average molecular weight is 267 g/mol. The van der Waals surface area contributed by atoms with Crippen molar-refractivity contribution in [3.8, 4) is 0 Å². The molecule has 19 heavy (non-hydrogen) atoms. The number of hydrogen-bond donors (Lipinski definition) is 1. The van der Waals surface area contributed by atoms with Crippen molar-refractivity contribution in [2.45, 2.75) is 76.9 Å². The van der Waals surface area contributed by atoms with E-state index in [-0.39, 0.29) is 0 Å². The first kappa shape index (κ1) is 15.3. The third-order valence-electron chi connectivity index (χ3n) is 5.64. The van der Waals surface area contributed by atoms with Crippen LogP contribution < -0.4 is 5.32 Å². The third kappa shape index (κ3) is 3.95. The van der Waals surface area contributed by atoms with Gasteiger partial charge in [0.15, 0.2) is 0 Å². The summed E-state index contributed by atoms with van der Waals surface area (Å²) in [6, 6.07) is 0.570. The molecule has 2 heteroatoms. The molecule has 2 atom stereocenters. The smallest absolute Gasteiger partial charge is 0.0754 e. The van der Waals surface area contributed by atoms with Crippen molar-refractivity contribution in [2.24, 2.45) is 17.8 Å². The highest BCUT2D eigenvalue weighted by atomic mass is 16.5. The van der Waals surface area contributed by atoms with Crippen LogP contribution in [0.25, 0.3) is 0 Å². The van der Waals surface area contributed by atoms with Gasteiger partial charge in [0, 0.05) is 13.2 Å². The minimum absolute atomic E-state index is 0.434. The van der Waals surface area contributed by atoms with Crippen LogP contribution in [0.2, 0.25) is 0 Å². The van der Waals surface area contributed by atoms with Crippen molar-refractivity contribution in [1.82, 2.24) is 5.32 Å². The first-order valence-electron chi connectivity index (χ1n) is 8.46. The standard InChI is InChI=1S/C17H33NO/c1-13-9-11-14(12-10-13)16(18-2)17(19-3)15-7-5-4-6-8-15/h13-18H,4-12H2,1-3H3. The lowest BCUT2D eigenvalue weighted by atomic mass is 9.73. The lowest BCUT2D eigenvalue weighted by molar-refractivity contribution is -0.0125. The zero-order chi connectivity index (χ0) is 13.7. The molecule has 0 heterocycles. The second-order valence-corrected chi connectivity index (χ2v) is 6.93. The third-order valence-corrected chi connectivity index (χ3v) is 5.64. The van der Waals surface area contributed by atoms with Crippen molar-refractivity contribution < 1.29 is 4.74 Å². The minimum atomic E-state index is 0.434. The highest BCUT2D eigenvalue weighted by Gasteiger charge is 2.35. The van der Waals surface area contributed by atoms with Gasteiger partial charge in [0.25, 0.3) is 0 Å². The maximum absolute atomic E-state index is 5.96. The Morgan fingerprint density at radius 3 is 2.05 bits per heavy atom. The SMILES string of the molecule is CNC(C1CCC(C)CC1)C(OC)C1CCCCC1. The van der Waals surface area contributed by atoms with Crippen LogP contribution in [0.15, 0.2) is 0 Å². The molecule has 0 aromatic rings. The van der Waals surface area contributed by atoms with E-state index in [1.54, 1.807) is 0 Å². The Morgan fingerprint density at radius 2 is 1.53 bits per heavy atom. The monoisotopic (exact) mass is 267 g/mol. The molecule has 0 radical (unpaired) electrons. The van der Waals surface area contributed by atoms with E-state index in [1.807, 2.05) is 7.11 Å². The molecular weight excluding hydrogens is 234 g/mol. The fraction of sp³-hybridized carbons (Fsp3) is 1.00. The van der Waals surface area contributed by atoms with Gasteiger partial charge in [0.1, 0.15) is 0 Å². The zero-order valence-corrected chi connectivity index (χ0v) is 13.2. The number of methoxy groups -OCH3 is 1. The van der Waals surface area contributed by atoms with E-state index in [1.165, 1.54) is 57.8 Å². The molecule has 2 unspecified atom stereocenters. The Bertz CT molecular complexity index is 242. The number of nitrogens with one attached hydrogen (secondary N) is 1. The van der Waals surface area contributed by atoms with Crippen LogP contribution in [0.1, 0.15) is 64.7 Å². The maximum Gasteiger partial charge on any atom is 0.0754 e. The Morgan fingerprint density at radius 1 is 0.895 bits per heavy atom. The summed E-state index contributed by atoms with van der Waals surface area (Å²) in [5.41, 5.74) is 0. The molecule has 0 saturated heterocycles. The largest absolute Gasteiger partial charge is 0.380 e. The van der Waals surface area contributed by atoms with Crippen LogP contribution in [-0.2, 0) is 4.74 Å². The summed E-state index contributed by atoms with van der Waals surface area (Å²) in [4.78, 5) is 0. The maximum atomic E-state index is 5.96. The molecule has 2 rings (SSSR count). The van der Waals surface area contributed by atoms with Crippen molar-refractivity contribution in [2.75, 3.05) is 14.2 Å². The number of ether oxygens (including phenoxy) is 1. The van der Waals surface area contributed by atoms with Gasteiger partial charge in [-0.1, -0.05) is 39.0 Å². The van der Waals surface area contributed by atoms with Gasteiger partial charge >= 0.3 is 0 Å². The van der Waals surface area contributed by atoms with Gasteiger partial charge in [0.2, 0.25) is 0 Å². The van der Waals surface area contributed by atoms with Crippen LogP contribution >= 0.6 is 0 Å². The summed E-state index contributed by atoms with van der Waals surface area (Å²) in [6.45, 7) is 2.40. The van der Waals surface area contributed by atoms with Gasteiger partial charge in [-0.3, -0.25) is 0 Å². The van der Waals surface area contributed by atoms with Crippen LogP contribution in [0.3, 0.4) is 0 Å². The van der Waals surface area contributed by atoms with E-state index in [0.29, 0.717) is 12.1 Å². The Hall–Kier alpha value is -0.0800. The molecule has 2 nitrogen and oxygen atoms in total. The molecule has 2 saturated carbocycles. The number of rotatable bonds is 5. The van der Waals surface area contributed by atoms with Gasteiger partial charge < -0.3 is 10.1 Å². The Kier molecular flexibility index (Phi) is 6.15. The predicted octanol–water partition coefficient (Wildman–Crippen LogP) is 4.00. The normalized spacial score (nSPS) is 33.0. The summed E-state index contributed by atoms with van der Waals surface area (Å²) in [5.74, 6) is 2.55. The highest BCUT2D eigenvalue weighted by Crippen LogP contribution is 2.36. The molecule has 1 N–H and O–H groups in total. The van der Waals surface area contributed by atoms with Crippen LogP contribution in [0, 0.1) is 17.8 Å². The molecule has 112 valence electrons. The predicted molar refractivity (Wildman–Crippen MR) is 81.3 cm³/mol. The van der Waals surface area contributed by atoms with E-state index in [4.69, 9.17) is 4.74 Å². The highest BCUT2D eigenvalue weighted by molar-refractivity contribution is 4.90. The number of likely N-dealkylation sites (N-methyl/N-ethyl adjacent to an activating group) is 1. The van der Waals surface area contributed by atoms with E-state index < -0.39 is 0 Å². The minimum Gasteiger partial charge on any atom is -0.380 e. The first-order valence-corrected chi connectivity index (χ1v) is 8.46. The Balaban J connectivity index is 1.96. The average Bonchev–Trinajstić information content (AvgIpc) is 2.47. The molecule has 0 aliphatic heterocycles. The summed E-state index contributed by atoms with van der Waals surface area (Å²) < 4.78 is 5.96. The van der Waals surface area contributed by atoms with Gasteiger partial charge in [0.05, 0.1) is 6.10 Å². The lowest BCUT2D eigenvalue weighted by Crippen LogP contribution is -2.49. The molecule has 0 bridgehead atoms. The zero-order valence-electron chi connectivity index (χ0n) is 13.2. The van der Waals surface area contributed by atoms with E-state index in [9.17, 15) is 0 Å². The first-order chi connectivity index (χ1) is 9.26. The van der Waals surface area contributed by atoms with Crippen LogP contribution in [0.4, 0.5) is 0 Å². The quantitative estimate of drug-likeness (QED) is 0.813. The topological polar surface area (TPSA) is 21.3 Å². The summed E-state index contributed by atoms with van der Waals surface area (Å²) in [7, 11) is 4.06. The Labute approximate surface area is 119 Å². The van der Waals surface area contributed by atoms with E-state index in [0.717, 1.165) is 17.8 Å². The van der Waals surface area contributed by atoms with Crippen molar-refractivity contribution >= 4 is 0 Å². The van der Waals surface area contributed by atoms with E-state index >= 15 is 0 Å². The van der Waals surface area contributed by atoms with Crippen LogP contribution in [0.5, 0.6) is 0 Å². The lowest BCUT2D eigenvalue weighted by Gasteiger charge is -2.40. The van der Waals surface area contributed by atoms with Gasteiger partial charge in [-0.15, -0.1) is 0 Å². The summed E-state index contributed by atoms with van der Waals surface area (Å²) >= 11 is 0. The van der Waals surface area contributed by atoms with Crippen LogP contribution in [-0.4, -0.2) is 26.3 Å². The number of hydrogen-bond acceptors (Lipinski definition) is 2. The fourth-order valence-electron chi connectivity index (χ4n) is 4.41. The van der Waals surface area contributed by atoms with E-state index in [2.05, 4.69) is 19.3 Å². The molecule has 0 spiro atoms. The summed E-state index contributed by atoms with van der Waals surface area (Å²) in [5, 5.41) is 3.61. The fourth-order valence-corrected chi connectivity index (χ4v) is 4.41. The summed E-state index contributed by atoms with van der Waals surface area (Å²) in [6.07, 6.45) is 13.0. The van der Waals surface area contributed by atoms with Gasteiger partial charge in [-0.2, -0.15) is 0 Å².